The molecule has 3 aromatic rings. The molecule has 0 spiro atoms. The van der Waals surface area contributed by atoms with E-state index in [1.54, 1.807) is 34.9 Å². The largest absolute Gasteiger partial charge is 0.516 e. The molecule has 186 valence electrons. The van der Waals surface area contributed by atoms with Gasteiger partial charge in [-0.3, -0.25) is 14.2 Å². The number of ketones is 1. The van der Waals surface area contributed by atoms with Crippen molar-refractivity contribution in [3.63, 3.8) is 0 Å². The van der Waals surface area contributed by atoms with Gasteiger partial charge < -0.3 is 0 Å². The van der Waals surface area contributed by atoms with Gasteiger partial charge in [0.2, 0.25) is 5.78 Å². The Labute approximate surface area is 203 Å². The fourth-order valence-corrected chi connectivity index (χ4v) is 4.55. The fraction of sp³-hybridized carbons (Fsp3) is 0.333. The topological polar surface area (TPSA) is 100 Å². The highest BCUT2D eigenvalue weighted by molar-refractivity contribution is 7.90. The van der Waals surface area contributed by atoms with Gasteiger partial charge in [-0.2, -0.15) is 26.7 Å². The average Bonchev–Trinajstić information content (AvgIpc) is 3.20. The van der Waals surface area contributed by atoms with Gasteiger partial charge in [0.05, 0.1) is 35.7 Å². The Morgan fingerprint density at radius 3 is 2.49 bits per heavy atom. The second-order valence-electron chi connectivity index (χ2n) is 7.71. The lowest BCUT2D eigenvalue weighted by Crippen LogP contribution is -2.46. The van der Waals surface area contributed by atoms with Crippen LogP contribution in [0.1, 0.15) is 35.1 Å². The lowest BCUT2D eigenvalue weighted by Gasteiger charge is -2.29. The van der Waals surface area contributed by atoms with E-state index < -0.39 is 15.5 Å². The van der Waals surface area contributed by atoms with E-state index in [-0.39, 0.29) is 29.6 Å². The Kier molecular flexibility index (Phi) is 6.73. The van der Waals surface area contributed by atoms with Gasteiger partial charge >= 0.3 is 15.5 Å². The van der Waals surface area contributed by atoms with Crippen LogP contribution in [0.3, 0.4) is 0 Å². The molecule has 0 radical (unpaired) electrons. The summed E-state index contributed by atoms with van der Waals surface area (Å²) in [5.74, 6) is 0.303. The number of anilines is 1. The first-order chi connectivity index (χ1) is 16.5. The average molecular weight is 529 g/mol. The number of nitrogens with zero attached hydrogens (tertiary/aromatic N) is 6. The Morgan fingerprint density at radius 1 is 1.17 bits per heavy atom. The number of sulfonamides is 1. The van der Waals surface area contributed by atoms with E-state index >= 15 is 0 Å². The van der Waals surface area contributed by atoms with Gasteiger partial charge in [-0.1, -0.05) is 30.7 Å². The Morgan fingerprint density at radius 2 is 1.89 bits per heavy atom. The number of aryl methyl sites for hydroxylation is 2. The number of carbonyl (C=O) groups excluding carboxylic acids is 1. The maximum atomic E-state index is 13.0. The monoisotopic (exact) mass is 528 g/mol. The number of alkyl halides is 3. The van der Waals surface area contributed by atoms with Crippen LogP contribution in [0.5, 0.6) is 0 Å². The SMILES string of the molecule is CCc1nc2ncc(Cl)cn2c1C(=O)CCc1ccc(N2CCN(S(=O)(=O)C(F)(F)F)C=N2)cc1. The summed E-state index contributed by atoms with van der Waals surface area (Å²) in [4.78, 5) is 21.5. The molecular formula is C21H20ClF3N6O3S. The molecule has 35 heavy (non-hydrogen) atoms. The molecule has 0 N–H and O–H groups in total. The van der Waals surface area contributed by atoms with Crippen molar-refractivity contribution < 1.29 is 26.4 Å². The van der Waals surface area contributed by atoms with Crippen molar-refractivity contribution in [2.45, 2.75) is 31.7 Å². The van der Waals surface area contributed by atoms with Gasteiger partial charge in [0.25, 0.3) is 0 Å². The number of halogens is 4. The number of aromatic nitrogens is 3. The van der Waals surface area contributed by atoms with Crippen LogP contribution in [0.2, 0.25) is 5.02 Å². The van der Waals surface area contributed by atoms with E-state index in [4.69, 9.17) is 11.6 Å². The van der Waals surface area contributed by atoms with Crippen molar-refractivity contribution in [2.75, 3.05) is 18.1 Å². The molecule has 3 heterocycles. The molecule has 1 aliphatic rings. The van der Waals surface area contributed by atoms with Crippen LogP contribution in [-0.2, 0) is 22.9 Å². The van der Waals surface area contributed by atoms with Crippen molar-refractivity contribution in [3.05, 3.63) is 58.6 Å². The van der Waals surface area contributed by atoms with E-state index in [1.807, 2.05) is 6.92 Å². The number of rotatable bonds is 7. The highest BCUT2D eigenvalue weighted by Gasteiger charge is 2.50. The third kappa shape index (κ3) is 4.96. The highest BCUT2D eigenvalue weighted by Crippen LogP contribution is 2.28. The van der Waals surface area contributed by atoms with Crippen molar-refractivity contribution in [1.29, 1.82) is 0 Å². The quantitative estimate of drug-likeness (QED) is 0.434. The minimum Gasteiger partial charge on any atom is -0.292 e. The Hall–Kier alpha value is -3.19. The van der Waals surface area contributed by atoms with E-state index in [0.717, 1.165) is 5.56 Å². The van der Waals surface area contributed by atoms with Gasteiger partial charge in [-0.15, -0.1) is 0 Å². The predicted molar refractivity (Wildman–Crippen MR) is 124 cm³/mol. The van der Waals surface area contributed by atoms with Crippen molar-refractivity contribution >= 4 is 45.2 Å². The second-order valence-corrected chi connectivity index (χ2v) is 10.0. The third-order valence-corrected chi connectivity index (χ3v) is 7.12. The molecule has 0 aliphatic carbocycles. The molecule has 0 saturated carbocycles. The predicted octanol–water partition coefficient (Wildman–Crippen LogP) is 3.68. The van der Waals surface area contributed by atoms with E-state index in [1.165, 1.54) is 11.2 Å². The molecule has 0 amide bonds. The summed E-state index contributed by atoms with van der Waals surface area (Å²) < 4.78 is 62.8. The van der Waals surface area contributed by atoms with Crippen LogP contribution >= 0.6 is 11.6 Å². The van der Waals surface area contributed by atoms with Crippen LogP contribution in [0.15, 0.2) is 41.8 Å². The summed E-state index contributed by atoms with van der Waals surface area (Å²) in [6, 6.07) is 6.98. The van der Waals surface area contributed by atoms with Crippen LogP contribution < -0.4 is 5.01 Å². The molecule has 1 aliphatic heterocycles. The van der Waals surface area contributed by atoms with Gasteiger partial charge in [0, 0.05) is 12.6 Å². The molecule has 0 unspecified atom stereocenters. The van der Waals surface area contributed by atoms with Crippen LogP contribution in [0, 0.1) is 0 Å². The van der Waals surface area contributed by atoms with Crippen LogP contribution in [0.25, 0.3) is 5.78 Å². The van der Waals surface area contributed by atoms with E-state index in [9.17, 15) is 26.4 Å². The zero-order chi connectivity index (χ0) is 25.4. The molecule has 0 bridgehead atoms. The number of Topliss-reactive ketones (excluding diaryl/α,β-unsaturated/α-hetero) is 1. The van der Waals surface area contributed by atoms with Crippen LogP contribution in [0.4, 0.5) is 18.9 Å². The first-order valence-corrected chi connectivity index (χ1v) is 12.4. The van der Waals surface area contributed by atoms with Crippen LogP contribution in [-0.4, -0.2) is 57.8 Å². The summed E-state index contributed by atoms with van der Waals surface area (Å²) in [5.41, 5.74) is -2.84. The summed E-state index contributed by atoms with van der Waals surface area (Å²) in [6.07, 6.45) is 4.97. The number of hydrogen-bond donors (Lipinski definition) is 0. The van der Waals surface area contributed by atoms with E-state index in [2.05, 4.69) is 15.1 Å². The first-order valence-electron chi connectivity index (χ1n) is 10.6. The number of hydrazone groups is 1. The zero-order valence-electron chi connectivity index (χ0n) is 18.4. The Balaban J connectivity index is 1.42. The van der Waals surface area contributed by atoms with Gasteiger partial charge in [-0.25, -0.2) is 14.3 Å². The van der Waals surface area contributed by atoms with Crippen molar-refractivity contribution in [3.8, 4) is 0 Å². The molecular weight excluding hydrogens is 509 g/mol. The molecule has 0 saturated heterocycles. The summed E-state index contributed by atoms with van der Waals surface area (Å²) in [5, 5.41) is 5.62. The fourth-order valence-electron chi connectivity index (χ4n) is 3.65. The lowest BCUT2D eigenvalue weighted by molar-refractivity contribution is -0.0471. The number of fused-ring (bicyclic) bond motifs is 1. The Bertz CT molecular complexity index is 1390. The lowest BCUT2D eigenvalue weighted by atomic mass is 10.0. The number of carbonyl (C=O) groups is 1. The molecule has 0 atom stereocenters. The summed E-state index contributed by atoms with van der Waals surface area (Å²) >= 11 is 6.03. The van der Waals surface area contributed by atoms with Crippen molar-refractivity contribution in [1.82, 2.24) is 18.7 Å². The van der Waals surface area contributed by atoms with Gasteiger partial charge in [0.1, 0.15) is 12.0 Å². The smallest absolute Gasteiger partial charge is 0.292 e. The van der Waals surface area contributed by atoms with Gasteiger partial charge in [-0.05, 0) is 30.5 Å². The second kappa shape index (κ2) is 9.46. The standard InChI is InChI=1S/C21H20ClF3N6O3S/c1-2-17-19(30-12-15(22)11-26-20(30)28-17)18(32)8-5-14-3-6-16(7-4-14)31-10-9-29(13-27-31)35(33,34)21(23,24)25/h3-4,6-7,11-13H,2,5,8-10H2,1H3. The van der Waals surface area contributed by atoms with Crippen molar-refractivity contribution in [2.24, 2.45) is 5.10 Å². The molecule has 0 fully saturated rings. The first kappa shape index (κ1) is 24.9. The normalized spacial score (nSPS) is 14.7. The van der Waals surface area contributed by atoms with E-state index in [0.29, 0.717) is 47.1 Å². The minimum absolute atomic E-state index is 0.0473. The molecule has 1 aromatic carbocycles. The number of hydrogen-bond acceptors (Lipinski definition) is 7. The summed E-state index contributed by atoms with van der Waals surface area (Å²) in [7, 11) is -5.46. The van der Waals surface area contributed by atoms with Gasteiger partial charge in [0.15, 0.2) is 5.78 Å². The highest BCUT2D eigenvalue weighted by atomic mass is 35.5. The zero-order valence-corrected chi connectivity index (χ0v) is 20.0. The molecule has 14 heteroatoms. The molecule has 9 nitrogen and oxygen atoms in total. The maximum Gasteiger partial charge on any atom is 0.516 e. The maximum absolute atomic E-state index is 13.0. The number of benzene rings is 1. The number of imidazole rings is 1. The molecule has 2 aromatic heterocycles. The third-order valence-electron chi connectivity index (χ3n) is 5.45. The molecule has 4 rings (SSSR count). The minimum atomic E-state index is -5.46. The summed E-state index contributed by atoms with van der Waals surface area (Å²) in [6.45, 7) is 1.47.